The first kappa shape index (κ1) is 13.8. The normalized spacial score (nSPS) is 21.0. The molecule has 0 aliphatic heterocycles. The molecule has 1 aliphatic carbocycles. The smallest absolute Gasteiger partial charge is 0.372 e. The fourth-order valence-electron chi connectivity index (χ4n) is 2.33. The predicted molar refractivity (Wildman–Crippen MR) is 56.1 cm³/mol. The van der Waals surface area contributed by atoms with Crippen molar-refractivity contribution >= 4 is 0 Å². The summed E-state index contributed by atoms with van der Waals surface area (Å²) in [6.07, 6.45) is 1.97. The van der Waals surface area contributed by atoms with Gasteiger partial charge in [0, 0.05) is 6.61 Å². The van der Waals surface area contributed by atoms with E-state index in [-0.39, 0.29) is 12.0 Å². The van der Waals surface area contributed by atoms with Crippen LogP contribution in [-0.4, -0.2) is 25.9 Å². The van der Waals surface area contributed by atoms with E-state index in [0.29, 0.717) is 13.0 Å². The molecule has 2 nitrogen and oxygen atoms in total. The molecule has 16 heavy (non-hydrogen) atoms. The number of hydrogen-bond acceptors (Lipinski definition) is 2. The summed E-state index contributed by atoms with van der Waals surface area (Å²) in [5, 5.41) is 0. The highest BCUT2D eigenvalue weighted by molar-refractivity contribution is 4.83. The molecule has 0 aromatic heterocycles. The Bertz CT molecular complexity index is 200. The zero-order valence-corrected chi connectivity index (χ0v) is 9.48. The molecule has 0 radical (unpaired) electrons. The first-order valence-corrected chi connectivity index (χ1v) is 5.82. The van der Waals surface area contributed by atoms with Crippen LogP contribution in [0.4, 0.5) is 13.2 Å². The van der Waals surface area contributed by atoms with Gasteiger partial charge in [-0.3, -0.25) is 0 Å². The number of ether oxygens (including phenoxy) is 1. The molecule has 0 bridgehead atoms. The molecular formula is C11H20F3NO. The van der Waals surface area contributed by atoms with Gasteiger partial charge in [0.2, 0.25) is 0 Å². The zero-order chi connectivity index (χ0) is 12.1. The Balaban J connectivity index is 2.23. The largest absolute Gasteiger partial charge is 0.411 e. The molecule has 0 spiro atoms. The van der Waals surface area contributed by atoms with Gasteiger partial charge in [-0.1, -0.05) is 19.3 Å². The monoisotopic (exact) mass is 239 g/mol. The molecule has 0 unspecified atom stereocenters. The lowest BCUT2D eigenvalue weighted by Crippen LogP contribution is -2.34. The third-order valence-electron chi connectivity index (χ3n) is 3.39. The maximum atomic E-state index is 11.8. The van der Waals surface area contributed by atoms with Gasteiger partial charge in [0.15, 0.2) is 0 Å². The molecule has 1 fully saturated rings. The topological polar surface area (TPSA) is 35.2 Å². The first-order valence-electron chi connectivity index (χ1n) is 5.82. The van der Waals surface area contributed by atoms with Crippen LogP contribution in [0.2, 0.25) is 0 Å². The van der Waals surface area contributed by atoms with Crippen LogP contribution in [-0.2, 0) is 4.74 Å². The predicted octanol–water partition coefficient (Wildman–Crippen LogP) is 2.86. The summed E-state index contributed by atoms with van der Waals surface area (Å²) >= 11 is 0. The van der Waals surface area contributed by atoms with Gasteiger partial charge in [0.25, 0.3) is 0 Å². The van der Waals surface area contributed by atoms with E-state index >= 15 is 0 Å². The fourth-order valence-corrected chi connectivity index (χ4v) is 2.33. The van der Waals surface area contributed by atoms with E-state index in [4.69, 9.17) is 5.73 Å². The van der Waals surface area contributed by atoms with Crippen LogP contribution in [0.5, 0.6) is 0 Å². The van der Waals surface area contributed by atoms with Gasteiger partial charge in [0.1, 0.15) is 6.61 Å². The second-order valence-corrected chi connectivity index (χ2v) is 4.68. The van der Waals surface area contributed by atoms with Crippen molar-refractivity contribution in [3.63, 3.8) is 0 Å². The van der Waals surface area contributed by atoms with Crippen molar-refractivity contribution < 1.29 is 17.9 Å². The highest BCUT2D eigenvalue weighted by Crippen LogP contribution is 2.38. The fraction of sp³-hybridized carbons (Fsp3) is 1.00. The van der Waals surface area contributed by atoms with E-state index in [1.54, 1.807) is 0 Å². The van der Waals surface area contributed by atoms with E-state index in [2.05, 4.69) is 4.74 Å². The summed E-state index contributed by atoms with van der Waals surface area (Å²) in [4.78, 5) is 0. The van der Waals surface area contributed by atoms with Crippen molar-refractivity contribution in [1.82, 2.24) is 0 Å². The molecule has 0 heterocycles. The van der Waals surface area contributed by atoms with E-state index < -0.39 is 12.8 Å². The van der Waals surface area contributed by atoms with Gasteiger partial charge in [-0.05, 0) is 31.2 Å². The molecule has 0 aromatic carbocycles. The Hall–Kier alpha value is -0.290. The van der Waals surface area contributed by atoms with Crippen molar-refractivity contribution in [3.05, 3.63) is 0 Å². The summed E-state index contributed by atoms with van der Waals surface area (Å²) < 4.78 is 40.2. The van der Waals surface area contributed by atoms with Crippen LogP contribution < -0.4 is 5.73 Å². The van der Waals surface area contributed by atoms with Crippen molar-refractivity contribution in [2.24, 2.45) is 11.1 Å². The van der Waals surface area contributed by atoms with Gasteiger partial charge < -0.3 is 10.5 Å². The van der Waals surface area contributed by atoms with Crippen LogP contribution in [0.3, 0.4) is 0 Å². The lowest BCUT2D eigenvalue weighted by molar-refractivity contribution is -0.175. The molecule has 2 N–H and O–H groups in total. The Morgan fingerprint density at radius 2 is 1.75 bits per heavy atom. The molecule has 1 aliphatic rings. The van der Waals surface area contributed by atoms with Crippen LogP contribution in [0, 0.1) is 5.41 Å². The quantitative estimate of drug-likeness (QED) is 0.749. The third kappa shape index (κ3) is 4.70. The molecule has 1 saturated carbocycles. The SMILES string of the molecule is NCC1(CCOCC(F)(F)F)CCCCC1. The minimum absolute atomic E-state index is 0.0316. The highest BCUT2D eigenvalue weighted by Gasteiger charge is 2.31. The van der Waals surface area contributed by atoms with Gasteiger partial charge in [-0.25, -0.2) is 0 Å². The van der Waals surface area contributed by atoms with Crippen molar-refractivity contribution in [1.29, 1.82) is 0 Å². The second kappa shape index (κ2) is 5.87. The molecule has 0 atom stereocenters. The van der Waals surface area contributed by atoms with Crippen LogP contribution in [0.25, 0.3) is 0 Å². The van der Waals surface area contributed by atoms with Crippen LogP contribution in [0.1, 0.15) is 38.5 Å². The Morgan fingerprint density at radius 3 is 2.25 bits per heavy atom. The Labute approximate surface area is 94.3 Å². The lowest BCUT2D eigenvalue weighted by Gasteiger charge is -2.36. The van der Waals surface area contributed by atoms with E-state index in [9.17, 15) is 13.2 Å². The minimum Gasteiger partial charge on any atom is -0.372 e. The summed E-state index contributed by atoms with van der Waals surface area (Å²) in [7, 11) is 0. The lowest BCUT2D eigenvalue weighted by atomic mass is 9.72. The molecule has 0 amide bonds. The van der Waals surface area contributed by atoms with Crippen LogP contribution >= 0.6 is 0 Å². The second-order valence-electron chi connectivity index (χ2n) is 4.68. The maximum Gasteiger partial charge on any atom is 0.411 e. The standard InChI is InChI=1S/C11H20F3NO/c12-11(13,14)9-16-7-6-10(8-15)4-2-1-3-5-10/h1-9,15H2. The van der Waals surface area contributed by atoms with Crippen LogP contribution in [0.15, 0.2) is 0 Å². The number of halogens is 3. The van der Waals surface area contributed by atoms with E-state index in [1.807, 2.05) is 0 Å². The Morgan fingerprint density at radius 1 is 1.12 bits per heavy atom. The van der Waals surface area contributed by atoms with Gasteiger partial charge in [-0.15, -0.1) is 0 Å². The molecule has 5 heteroatoms. The summed E-state index contributed by atoms with van der Waals surface area (Å²) in [5.74, 6) is 0. The van der Waals surface area contributed by atoms with E-state index in [0.717, 1.165) is 25.7 Å². The number of rotatable bonds is 5. The van der Waals surface area contributed by atoms with E-state index in [1.165, 1.54) is 6.42 Å². The van der Waals surface area contributed by atoms with Gasteiger partial charge >= 0.3 is 6.18 Å². The minimum atomic E-state index is -4.22. The van der Waals surface area contributed by atoms with Crippen molar-refractivity contribution in [2.75, 3.05) is 19.8 Å². The maximum absolute atomic E-state index is 11.8. The molecular weight excluding hydrogens is 219 g/mol. The highest BCUT2D eigenvalue weighted by atomic mass is 19.4. The van der Waals surface area contributed by atoms with Gasteiger partial charge in [-0.2, -0.15) is 13.2 Å². The van der Waals surface area contributed by atoms with Crippen molar-refractivity contribution in [3.8, 4) is 0 Å². The molecule has 0 aromatic rings. The average Bonchev–Trinajstić information content (AvgIpc) is 2.25. The molecule has 96 valence electrons. The molecule has 0 saturated heterocycles. The Kier molecular flexibility index (Phi) is 5.05. The first-order chi connectivity index (χ1) is 7.47. The summed E-state index contributed by atoms with van der Waals surface area (Å²) in [6, 6.07) is 0. The number of nitrogens with two attached hydrogens (primary N) is 1. The molecule has 1 rings (SSSR count). The average molecular weight is 239 g/mol. The zero-order valence-electron chi connectivity index (χ0n) is 9.48. The van der Waals surface area contributed by atoms with Gasteiger partial charge in [0.05, 0.1) is 0 Å². The summed E-state index contributed by atoms with van der Waals surface area (Å²) in [5.41, 5.74) is 5.76. The summed E-state index contributed by atoms with van der Waals surface area (Å²) in [6.45, 7) is -0.424. The van der Waals surface area contributed by atoms with Crippen molar-refractivity contribution in [2.45, 2.75) is 44.7 Å². The third-order valence-corrected chi connectivity index (χ3v) is 3.39. The number of hydrogen-bond donors (Lipinski definition) is 1. The number of alkyl halides is 3.